The Morgan fingerprint density at radius 3 is 2.88 bits per heavy atom. The molecular formula is C12H17N3O. The number of nitrogens with zero attached hydrogens (tertiary/aromatic N) is 2. The van der Waals surface area contributed by atoms with Crippen LogP contribution in [0.2, 0.25) is 0 Å². The Morgan fingerprint density at radius 1 is 1.50 bits per heavy atom. The summed E-state index contributed by atoms with van der Waals surface area (Å²) in [6.45, 7) is 3.74. The Morgan fingerprint density at radius 2 is 2.25 bits per heavy atom. The molecule has 0 aromatic carbocycles. The topological polar surface area (TPSA) is 45.2 Å². The van der Waals surface area contributed by atoms with Gasteiger partial charge in [0.2, 0.25) is 0 Å². The number of amides is 2. The molecule has 2 amide bonds. The first-order valence-electron chi connectivity index (χ1n) is 5.73. The normalized spacial score (nSPS) is 17.2. The standard InChI is InChI=1S/C12H17N3O/c1-10(11-5-4-6-13-9-11)14-12(16)15-7-2-3-8-15/h4-6,9-10H,2-3,7-8H2,1H3,(H,14,16). The van der Waals surface area contributed by atoms with E-state index in [0.29, 0.717) is 0 Å². The molecule has 86 valence electrons. The van der Waals surface area contributed by atoms with Crippen LogP contribution in [-0.4, -0.2) is 29.0 Å². The highest BCUT2D eigenvalue weighted by Crippen LogP contribution is 2.12. The monoisotopic (exact) mass is 219 g/mol. The van der Waals surface area contributed by atoms with E-state index in [4.69, 9.17) is 0 Å². The van der Waals surface area contributed by atoms with Crippen LogP contribution >= 0.6 is 0 Å². The second-order valence-corrected chi connectivity index (χ2v) is 4.15. The molecule has 1 fully saturated rings. The molecule has 1 N–H and O–H groups in total. The molecule has 2 heterocycles. The molecule has 0 aliphatic carbocycles. The Bertz CT molecular complexity index is 347. The van der Waals surface area contributed by atoms with Gasteiger partial charge in [-0.2, -0.15) is 0 Å². The second kappa shape index (κ2) is 4.96. The van der Waals surface area contributed by atoms with Crippen molar-refractivity contribution in [1.29, 1.82) is 0 Å². The van der Waals surface area contributed by atoms with Crippen LogP contribution in [0.4, 0.5) is 4.79 Å². The number of urea groups is 1. The van der Waals surface area contributed by atoms with Crippen LogP contribution in [0.25, 0.3) is 0 Å². The van der Waals surface area contributed by atoms with Crippen molar-refractivity contribution in [3.63, 3.8) is 0 Å². The van der Waals surface area contributed by atoms with Crippen molar-refractivity contribution >= 4 is 6.03 Å². The zero-order valence-corrected chi connectivity index (χ0v) is 9.52. The van der Waals surface area contributed by atoms with Gasteiger partial charge in [-0.15, -0.1) is 0 Å². The Hall–Kier alpha value is -1.58. The molecule has 16 heavy (non-hydrogen) atoms. The molecule has 0 spiro atoms. The van der Waals surface area contributed by atoms with Gasteiger partial charge < -0.3 is 10.2 Å². The number of carbonyl (C=O) groups is 1. The summed E-state index contributed by atoms with van der Waals surface area (Å²) >= 11 is 0. The Labute approximate surface area is 95.7 Å². The molecule has 1 atom stereocenters. The van der Waals surface area contributed by atoms with E-state index in [1.807, 2.05) is 24.0 Å². The average molecular weight is 219 g/mol. The first-order valence-corrected chi connectivity index (χ1v) is 5.73. The van der Waals surface area contributed by atoms with Crippen LogP contribution < -0.4 is 5.32 Å². The van der Waals surface area contributed by atoms with Crippen molar-refractivity contribution in [2.45, 2.75) is 25.8 Å². The predicted octanol–water partition coefficient (Wildman–Crippen LogP) is 1.95. The van der Waals surface area contributed by atoms with E-state index in [0.717, 1.165) is 31.5 Å². The number of carbonyl (C=O) groups excluding carboxylic acids is 1. The third-order valence-corrected chi connectivity index (χ3v) is 2.92. The van der Waals surface area contributed by atoms with Crippen molar-refractivity contribution in [3.05, 3.63) is 30.1 Å². The molecule has 1 aliphatic heterocycles. The number of rotatable bonds is 2. The molecule has 0 bridgehead atoms. The summed E-state index contributed by atoms with van der Waals surface area (Å²) in [6, 6.07) is 3.91. The lowest BCUT2D eigenvalue weighted by atomic mass is 10.1. The third-order valence-electron chi connectivity index (χ3n) is 2.92. The van der Waals surface area contributed by atoms with Crippen molar-refractivity contribution in [1.82, 2.24) is 15.2 Å². The number of pyridine rings is 1. The van der Waals surface area contributed by atoms with Crippen molar-refractivity contribution in [2.24, 2.45) is 0 Å². The average Bonchev–Trinajstić information content (AvgIpc) is 2.83. The molecule has 1 saturated heterocycles. The largest absolute Gasteiger partial charge is 0.331 e. The predicted molar refractivity (Wildman–Crippen MR) is 62.0 cm³/mol. The Kier molecular flexibility index (Phi) is 3.39. The van der Waals surface area contributed by atoms with Crippen LogP contribution in [0, 0.1) is 0 Å². The van der Waals surface area contributed by atoms with E-state index in [9.17, 15) is 4.79 Å². The maximum atomic E-state index is 11.8. The number of nitrogens with one attached hydrogen (secondary N) is 1. The van der Waals surface area contributed by atoms with E-state index in [1.54, 1.807) is 12.4 Å². The molecule has 0 radical (unpaired) electrons. The third kappa shape index (κ3) is 2.51. The number of hydrogen-bond donors (Lipinski definition) is 1. The maximum absolute atomic E-state index is 11.8. The summed E-state index contributed by atoms with van der Waals surface area (Å²) in [5.41, 5.74) is 1.04. The lowest BCUT2D eigenvalue weighted by molar-refractivity contribution is 0.205. The first kappa shape index (κ1) is 10.9. The van der Waals surface area contributed by atoms with E-state index in [-0.39, 0.29) is 12.1 Å². The number of aromatic nitrogens is 1. The summed E-state index contributed by atoms with van der Waals surface area (Å²) in [7, 11) is 0. The second-order valence-electron chi connectivity index (χ2n) is 4.15. The van der Waals surface area contributed by atoms with Crippen LogP contribution in [0.15, 0.2) is 24.5 Å². The smallest absolute Gasteiger partial charge is 0.317 e. The SMILES string of the molecule is CC(NC(=O)N1CCCC1)c1cccnc1. The summed E-state index contributed by atoms with van der Waals surface area (Å²) in [5.74, 6) is 0. The molecule has 1 aromatic rings. The molecule has 4 nitrogen and oxygen atoms in total. The fourth-order valence-corrected chi connectivity index (χ4v) is 1.91. The van der Waals surface area contributed by atoms with Crippen LogP contribution in [0.1, 0.15) is 31.4 Å². The van der Waals surface area contributed by atoms with Gasteiger partial charge >= 0.3 is 6.03 Å². The van der Waals surface area contributed by atoms with Crippen molar-refractivity contribution < 1.29 is 4.79 Å². The zero-order valence-electron chi connectivity index (χ0n) is 9.52. The quantitative estimate of drug-likeness (QED) is 0.826. The molecule has 0 saturated carbocycles. The van der Waals surface area contributed by atoms with E-state index in [2.05, 4.69) is 10.3 Å². The van der Waals surface area contributed by atoms with Gasteiger partial charge in [-0.3, -0.25) is 4.98 Å². The van der Waals surface area contributed by atoms with Gasteiger partial charge in [-0.25, -0.2) is 4.79 Å². The van der Waals surface area contributed by atoms with Gasteiger partial charge in [-0.05, 0) is 31.4 Å². The fourth-order valence-electron chi connectivity index (χ4n) is 1.91. The van der Waals surface area contributed by atoms with Gasteiger partial charge in [0.1, 0.15) is 0 Å². The minimum Gasteiger partial charge on any atom is -0.331 e. The highest BCUT2D eigenvalue weighted by atomic mass is 16.2. The number of hydrogen-bond acceptors (Lipinski definition) is 2. The highest BCUT2D eigenvalue weighted by molar-refractivity contribution is 5.74. The summed E-state index contributed by atoms with van der Waals surface area (Å²) in [4.78, 5) is 17.7. The zero-order chi connectivity index (χ0) is 11.4. The first-order chi connectivity index (χ1) is 7.77. The lowest BCUT2D eigenvalue weighted by Gasteiger charge is -2.20. The fraction of sp³-hybridized carbons (Fsp3) is 0.500. The Balaban J connectivity index is 1.92. The van der Waals surface area contributed by atoms with Gasteiger partial charge in [0.25, 0.3) is 0 Å². The minimum absolute atomic E-state index is 0.0156. The lowest BCUT2D eigenvalue weighted by Crippen LogP contribution is -2.39. The molecule has 1 aromatic heterocycles. The van der Waals surface area contributed by atoms with Crippen LogP contribution in [0.3, 0.4) is 0 Å². The van der Waals surface area contributed by atoms with Crippen LogP contribution in [-0.2, 0) is 0 Å². The molecule has 1 unspecified atom stereocenters. The summed E-state index contributed by atoms with van der Waals surface area (Å²) in [5, 5.41) is 2.99. The highest BCUT2D eigenvalue weighted by Gasteiger charge is 2.19. The van der Waals surface area contributed by atoms with Crippen molar-refractivity contribution in [3.8, 4) is 0 Å². The summed E-state index contributed by atoms with van der Waals surface area (Å²) in [6.07, 6.45) is 5.76. The van der Waals surface area contributed by atoms with E-state index in [1.165, 1.54) is 0 Å². The summed E-state index contributed by atoms with van der Waals surface area (Å²) < 4.78 is 0. The molecule has 2 rings (SSSR count). The molecule has 4 heteroatoms. The van der Waals surface area contributed by atoms with Crippen molar-refractivity contribution in [2.75, 3.05) is 13.1 Å². The van der Waals surface area contributed by atoms with Gasteiger partial charge in [-0.1, -0.05) is 6.07 Å². The number of likely N-dealkylation sites (tertiary alicyclic amines) is 1. The van der Waals surface area contributed by atoms with E-state index < -0.39 is 0 Å². The molecular weight excluding hydrogens is 202 g/mol. The van der Waals surface area contributed by atoms with Crippen LogP contribution in [0.5, 0.6) is 0 Å². The van der Waals surface area contributed by atoms with E-state index >= 15 is 0 Å². The van der Waals surface area contributed by atoms with Gasteiger partial charge in [0.15, 0.2) is 0 Å². The van der Waals surface area contributed by atoms with Gasteiger partial charge in [0, 0.05) is 25.5 Å². The van der Waals surface area contributed by atoms with Gasteiger partial charge in [0.05, 0.1) is 6.04 Å². The maximum Gasteiger partial charge on any atom is 0.317 e. The minimum atomic E-state index is 0.0156. The molecule has 1 aliphatic rings.